The Morgan fingerprint density at radius 2 is 2.08 bits per heavy atom. The third kappa shape index (κ3) is 2.69. The van der Waals surface area contributed by atoms with Crippen molar-refractivity contribution in [1.82, 2.24) is 5.16 Å². The van der Waals surface area contributed by atoms with Crippen LogP contribution in [0.15, 0.2) is 16.7 Å². The maximum atomic E-state index is 13.8. The van der Waals surface area contributed by atoms with E-state index in [9.17, 15) is 9.18 Å². The van der Waals surface area contributed by atoms with Gasteiger partial charge in [0.15, 0.2) is 17.3 Å². The van der Waals surface area contributed by atoms with Crippen molar-refractivity contribution >= 4 is 23.1 Å². The maximum absolute atomic E-state index is 13.8. The van der Waals surface area contributed by atoms with E-state index < -0.39 is 11.8 Å². The second-order valence-electron chi connectivity index (χ2n) is 5.62. The van der Waals surface area contributed by atoms with Gasteiger partial charge >= 0.3 is 5.97 Å². The second-order valence-corrected chi connectivity index (χ2v) is 6.03. The van der Waals surface area contributed by atoms with Gasteiger partial charge in [0, 0.05) is 17.0 Å². The van der Waals surface area contributed by atoms with Gasteiger partial charge in [0.1, 0.15) is 5.76 Å². The van der Waals surface area contributed by atoms with E-state index >= 15 is 0 Å². The summed E-state index contributed by atoms with van der Waals surface area (Å²) in [5.41, 5.74) is 1.66. The molecule has 0 spiro atoms. The Morgan fingerprint density at radius 3 is 2.67 bits per heavy atom. The van der Waals surface area contributed by atoms with E-state index in [1.54, 1.807) is 13.0 Å². The smallest absolute Gasteiger partial charge is 0.360 e. The maximum Gasteiger partial charge on any atom is 0.360 e. The summed E-state index contributed by atoms with van der Waals surface area (Å²) in [6.45, 7) is 1.71. The van der Waals surface area contributed by atoms with E-state index in [0.717, 1.165) is 12.8 Å². The topological polar surface area (TPSA) is 61.6 Å². The van der Waals surface area contributed by atoms with E-state index in [-0.39, 0.29) is 17.4 Å². The largest absolute Gasteiger partial charge is 0.493 e. The average Bonchev–Trinajstić information content (AvgIpc) is 3.32. The van der Waals surface area contributed by atoms with Crippen molar-refractivity contribution in [3.8, 4) is 5.75 Å². The van der Waals surface area contributed by atoms with Crippen LogP contribution in [0.4, 0.5) is 4.39 Å². The predicted octanol–water partition coefficient (Wildman–Crippen LogP) is 3.56. The van der Waals surface area contributed by atoms with Crippen molar-refractivity contribution in [3.63, 3.8) is 0 Å². The number of thiocarbonyl (C=S) groups is 1. The van der Waals surface area contributed by atoms with Crippen molar-refractivity contribution < 1.29 is 23.2 Å². The molecule has 2 aromatic rings. The molecule has 1 aliphatic rings. The lowest BCUT2D eigenvalue weighted by molar-refractivity contribution is 0.0589. The number of hydrogen-bond donors (Lipinski definition) is 0. The number of methoxy groups -OCH3 is 2. The summed E-state index contributed by atoms with van der Waals surface area (Å²) < 4.78 is 29.1. The lowest BCUT2D eigenvalue weighted by Crippen LogP contribution is -2.12. The molecule has 0 N–H and O–H groups in total. The van der Waals surface area contributed by atoms with Gasteiger partial charge in [0.2, 0.25) is 0 Å². The molecule has 24 heavy (non-hydrogen) atoms. The summed E-state index contributed by atoms with van der Waals surface area (Å²) in [5.74, 6) is -0.175. The SMILES string of the molecule is COC(=O)c1noc(C2CC2)c1C(=S)c1ccc(F)c(OC)c1C. The molecule has 1 heterocycles. The highest BCUT2D eigenvalue weighted by molar-refractivity contribution is 7.81. The van der Waals surface area contributed by atoms with Crippen LogP contribution in [0.5, 0.6) is 5.75 Å². The highest BCUT2D eigenvalue weighted by atomic mass is 32.1. The van der Waals surface area contributed by atoms with Gasteiger partial charge in [-0.2, -0.15) is 0 Å². The molecule has 0 atom stereocenters. The Hall–Kier alpha value is -2.28. The van der Waals surface area contributed by atoms with Crippen LogP contribution >= 0.6 is 12.2 Å². The van der Waals surface area contributed by atoms with E-state index in [1.165, 1.54) is 20.3 Å². The summed E-state index contributed by atoms with van der Waals surface area (Å²) in [7, 11) is 2.67. The predicted molar refractivity (Wildman–Crippen MR) is 88.3 cm³/mol. The number of carbonyl (C=O) groups is 1. The number of nitrogens with zero attached hydrogens (tertiary/aromatic N) is 1. The first-order valence-corrected chi connectivity index (χ1v) is 7.86. The first-order valence-electron chi connectivity index (χ1n) is 7.45. The molecule has 5 nitrogen and oxygen atoms in total. The van der Waals surface area contributed by atoms with E-state index in [1.807, 2.05) is 0 Å². The Balaban J connectivity index is 2.14. The van der Waals surface area contributed by atoms with Gasteiger partial charge in [-0.25, -0.2) is 9.18 Å². The molecule has 1 aromatic heterocycles. The van der Waals surface area contributed by atoms with Crippen molar-refractivity contribution in [2.24, 2.45) is 0 Å². The van der Waals surface area contributed by atoms with Gasteiger partial charge in [-0.05, 0) is 25.8 Å². The van der Waals surface area contributed by atoms with Crippen LogP contribution in [-0.4, -0.2) is 30.2 Å². The van der Waals surface area contributed by atoms with Gasteiger partial charge in [-0.15, -0.1) is 0 Å². The zero-order valence-electron chi connectivity index (χ0n) is 13.5. The molecular formula is C17H16FNO4S. The molecule has 0 radical (unpaired) electrons. The molecule has 3 rings (SSSR count). The number of benzene rings is 1. The molecule has 0 bridgehead atoms. The quantitative estimate of drug-likeness (QED) is 0.467. The lowest BCUT2D eigenvalue weighted by atomic mass is 9.96. The zero-order valence-corrected chi connectivity index (χ0v) is 14.3. The van der Waals surface area contributed by atoms with Crippen LogP contribution in [-0.2, 0) is 4.74 Å². The van der Waals surface area contributed by atoms with Crippen LogP contribution in [0, 0.1) is 12.7 Å². The third-order valence-corrected chi connectivity index (χ3v) is 4.50. The molecule has 0 saturated heterocycles. The van der Waals surface area contributed by atoms with Gasteiger partial charge < -0.3 is 14.0 Å². The first-order chi connectivity index (χ1) is 11.5. The summed E-state index contributed by atoms with van der Waals surface area (Å²) in [6, 6.07) is 2.86. The van der Waals surface area contributed by atoms with Crippen molar-refractivity contribution in [2.45, 2.75) is 25.7 Å². The molecule has 0 unspecified atom stereocenters. The highest BCUT2D eigenvalue weighted by Crippen LogP contribution is 2.43. The molecule has 0 amide bonds. The fourth-order valence-electron chi connectivity index (χ4n) is 2.67. The minimum atomic E-state index is -0.616. The summed E-state index contributed by atoms with van der Waals surface area (Å²) >= 11 is 5.58. The molecule has 0 aliphatic heterocycles. The van der Waals surface area contributed by atoms with Crippen LogP contribution in [0.2, 0.25) is 0 Å². The minimum Gasteiger partial charge on any atom is -0.493 e. The lowest BCUT2D eigenvalue weighted by Gasteiger charge is -2.12. The molecule has 1 fully saturated rings. The Labute approximate surface area is 143 Å². The second kappa shape index (κ2) is 6.32. The number of aromatic nitrogens is 1. The standard InChI is InChI=1S/C17H16FNO4S/c1-8-10(6-7-11(18)14(8)21-2)16(24)12-13(17(20)22-3)19-23-15(12)9-4-5-9/h6-7,9H,4-5H2,1-3H3. The van der Waals surface area contributed by atoms with Crippen molar-refractivity contribution in [1.29, 1.82) is 0 Å². The highest BCUT2D eigenvalue weighted by Gasteiger charge is 2.36. The summed E-state index contributed by atoms with van der Waals surface area (Å²) in [4.78, 5) is 12.4. The van der Waals surface area contributed by atoms with E-state index in [2.05, 4.69) is 5.16 Å². The van der Waals surface area contributed by atoms with Gasteiger partial charge in [0.25, 0.3) is 0 Å². The molecule has 1 aliphatic carbocycles. The number of ether oxygens (including phenoxy) is 2. The molecule has 126 valence electrons. The normalized spacial score (nSPS) is 13.7. The van der Waals surface area contributed by atoms with Crippen molar-refractivity contribution in [3.05, 3.63) is 46.1 Å². The Morgan fingerprint density at radius 1 is 1.38 bits per heavy atom. The number of esters is 1. The Kier molecular flexibility index (Phi) is 4.36. The first kappa shape index (κ1) is 16.6. The monoisotopic (exact) mass is 349 g/mol. The third-order valence-electron chi connectivity index (χ3n) is 4.08. The minimum absolute atomic E-state index is 0.0482. The van der Waals surface area contributed by atoms with Gasteiger partial charge in [0.05, 0.1) is 24.6 Å². The van der Waals surface area contributed by atoms with Crippen LogP contribution in [0.3, 0.4) is 0 Å². The number of hydrogen-bond acceptors (Lipinski definition) is 6. The van der Waals surface area contributed by atoms with Gasteiger partial charge in [-0.1, -0.05) is 23.4 Å². The number of halogens is 1. The molecule has 1 aromatic carbocycles. The fraction of sp³-hybridized carbons (Fsp3) is 0.353. The molecule has 7 heteroatoms. The zero-order chi connectivity index (χ0) is 17.4. The van der Waals surface area contributed by atoms with Crippen LogP contribution < -0.4 is 4.74 Å². The Bertz CT molecular complexity index is 826. The summed E-state index contributed by atoms with van der Waals surface area (Å²) in [6.07, 6.45) is 1.91. The van der Waals surface area contributed by atoms with Crippen LogP contribution in [0.25, 0.3) is 0 Å². The molecule has 1 saturated carbocycles. The summed E-state index contributed by atoms with van der Waals surface area (Å²) in [5, 5.41) is 3.84. The van der Waals surface area contributed by atoms with Gasteiger partial charge in [-0.3, -0.25) is 0 Å². The van der Waals surface area contributed by atoms with Crippen LogP contribution in [0.1, 0.15) is 51.7 Å². The fourth-order valence-corrected chi connectivity index (χ4v) is 3.09. The van der Waals surface area contributed by atoms with E-state index in [0.29, 0.717) is 27.3 Å². The number of carbonyl (C=O) groups excluding carboxylic acids is 1. The van der Waals surface area contributed by atoms with Crippen molar-refractivity contribution in [2.75, 3.05) is 14.2 Å². The molecular weight excluding hydrogens is 333 g/mol. The average molecular weight is 349 g/mol. The van der Waals surface area contributed by atoms with E-state index in [4.69, 9.17) is 26.2 Å². The number of rotatable bonds is 5.